The maximum atomic E-state index is 5.80. The molecular formula is C18H31ClIN5. The van der Waals surface area contributed by atoms with Crippen LogP contribution in [0.1, 0.15) is 32.3 Å². The summed E-state index contributed by atoms with van der Waals surface area (Å²) in [6, 6.07) is 4.36. The molecule has 0 spiro atoms. The second-order valence-electron chi connectivity index (χ2n) is 6.69. The van der Waals surface area contributed by atoms with Crippen LogP contribution in [0.5, 0.6) is 0 Å². The van der Waals surface area contributed by atoms with E-state index in [9.17, 15) is 0 Å². The van der Waals surface area contributed by atoms with Crippen molar-refractivity contribution in [3.63, 3.8) is 0 Å². The first-order chi connectivity index (χ1) is 11.6. The summed E-state index contributed by atoms with van der Waals surface area (Å²) in [6.07, 6.45) is 5.34. The van der Waals surface area contributed by atoms with Gasteiger partial charge in [0.25, 0.3) is 0 Å². The lowest BCUT2D eigenvalue weighted by Gasteiger charge is -2.35. The zero-order valence-electron chi connectivity index (χ0n) is 15.5. The zero-order chi connectivity index (χ0) is 17.4. The Balaban J connectivity index is 0.00000312. The van der Waals surface area contributed by atoms with E-state index in [-0.39, 0.29) is 24.0 Å². The van der Waals surface area contributed by atoms with Gasteiger partial charge in [0.1, 0.15) is 5.15 Å². The van der Waals surface area contributed by atoms with Crippen molar-refractivity contribution in [1.29, 1.82) is 0 Å². The Morgan fingerprint density at radius 2 is 2.08 bits per heavy atom. The van der Waals surface area contributed by atoms with Gasteiger partial charge in [-0.1, -0.05) is 24.6 Å². The molecule has 1 aliphatic rings. The minimum absolute atomic E-state index is 0. The van der Waals surface area contributed by atoms with Gasteiger partial charge in [0.05, 0.1) is 0 Å². The van der Waals surface area contributed by atoms with E-state index in [0.29, 0.717) is 11.2 Å². The molecule has 1 fully saturated rings. The molecule has 5 nitrogen and oxygen atoms in total. The number of hydrogen-bond acceptors (Lipinski definition) is 3. The Bertz CT molecular complexity index is 515. The number of aromatic nitrogens is 1. The van der Waals surface area contributed by atoms with Crippen LogP contribution < -0.4 is 10.6 Å². The molecule has 0 bridgehead atoms. The maximum Gasteiger partial charge on any atom is 0.191 e. The first kappa shape index (κ1) is 22.4. The van der Waals surface area contributed by atoms with Gasteiger partial charge in [0.2, 0.25) is 0 Å². The smallest absolute Gasteiger partial charge is 0.191 e. The van der Waals surface area contributed by atoms with Crippen LogP contribution in [0, 0.1) is 5.92 Å². The Kier molecular flexibility index (Phi) is 10.7. The number of pyridine rings is 1. The third-order valence-corrected chi connectivity index (χ3v) is 4.95. The minimum Gasteiger partial charge on any atom is -0.356 e. The van der Waals surface area contributed by atoms with Gasteiger partial charge in [-0.3, -0.25) is 9.89 Å². The number of aliphatic imine (C=N–C) groups is 1. The summed E-state index contributed by atoms with van der Waals surface area (Å²) in [7, 11) is 1.81. The molecule has 1 unspecified atom stereocenters. The molecule has 7 heteroatoms. The lowest BCUT2D eigenvalue weighted by atomic mass is 9.98. The average Bonchev–Trinajstić information content (AvgIpc) is 2.60. The summed E-state index contributed by atoms with van der Waals surface area (Å²) >= 11 is 5.80. The quantitative estimate of drug-likeness (QED) is 0.285. The normalized spacial score (nSPS) is 17.7. The van der Waals surface area contributed by atoms with E-state index >= 15 is 0 Å². The molecule has 0 aliphatic carbocycles. The van der Waals surface area contributed by atoms with Crippen molar-refractivity contribution in [2.45, 2.75) is 39.2 Å². The van der Waals surface area contributed by atoms with Crippen molar-refractivity contribution in [2.24, 2.45) is 10.9 Å². The van der Waals surface area contributed by atoms with Crippen molar-refractivity contribution in [3.8, 4) is 0 Å². The topological polar surface area (TPSA) is 52.6 Å². The lowest BCUT2D eigenvalue weighted by molar-refractivity contribution is 0.147. The number of guanidine groups is 1. The van der Waals surface area contributed by atoms with E-state index in [1.165, 1.54) is 25.9 Å². The third-order valence-electron chi connectivity index (χ3n) is 4.72. The predicted octanol–water partition coefficient (Wildman–Crippen LogP) is 3.18. The Hall–Kier alpha value is -0.600. The third kappa shape index (κ3) is 8.09. The molecule has 0 aromatic carbocycles. The molecule has 2 N–H and O–H groups in total. The fourth-order valence-corrected chi connectivity index (χ4v) is 3.05. The first-order valence-corrected chi connectivity index (χ1v) is 9.25. The highest BCUT2D eigenvalue weighted by molar-refractivity contribution is 14.0. The molecule has 1 aromatic heterocycles. The van der Waals surface area contributed by atoms with E-state index < -0.39 is 0 Å². The molecule has 2 rings (SSSR count). The van der Waals surface area contributed by atoms with E-state index in [4.69, 9.17) is 11.6 Å². The minimum atomic E-state index is 0. The molecule has 142 valence electrons. The number of piperidine rings is 1. The van der Waals surface area contributed by atoms with Crippen LogP contribution in [0.25, 0.3) is 0 Å². The van der Waals surface area contributed by atoms with Gasteiger partial charge < -0.3 is 10.6 Å². The van der Waals surface area contributed by atoms with Crippen LogP contribution in [0.15, 0.2) is 23.3 Å². The Labute approximate surface area is 174 Å². The van der Waals surface area contributed by atoms with Crippen LogP contribution in [0.2, 0.25) is 5.15 Å². The van der Waals surface area contributed by atoms with Gasteiger partial charge in [0, 0.05) is 32.4 Å². The summed E-state index contributed by atoms with van der Waals surface area (Å²) < 4.78 is 0. The number of nitrogens with zero attached hydrogens (tertiary/aromatic N) is 3. The summed E-state index contributed by atoms with van der Waals surface area (Å²) in [5, 5.41) is 7.32. The van der Waals surface area contributed by atoms with Crippen molar-refractivity contribution in [2.75, 3.05) is 33.2 Å². The fraction of sp³-hybridized carbons (Fsp3) is 0.667. The predicted molar refractivity (Wildman–Crippen MR) is 117 cm³/mol. The number of likely N-dealkylation sites (tertiary alicyclic amines) is 1. The van der Waals surface area contributed by atoms with Gasteiger partial charge in [0.15, 0.2) is 5.96 Å². The summed E-state index contributed by atoms with van der Waals surface area (Å²) in [6.45, 7) is 8.78. The first-order valence-electron chi connectivity index (χ1n) is 8.87. The van der Waals surface area contributed by atoms with Gasteiger partial charge in [-0.15, -0.1) is 24.0 Å². The van der Waals surface area contributed by atoms with Crippen molar-refractivity contribution in [3.05, 3.63) is 29.0 Å². The average molecular weight is 480 g/mol. The van der Waals surface area contributed by atoms with Crippen molar-refractivity contribution >= 4 is 41.5 Å². The molecule has 1 atom stereocenters. The van der Waals surface area contributed by atoms with Crippen LogP contribution in [-0.2, 0) is 6.42 Å². The maximum absolute atomic E-state index is 5.80. The lowest BCUT2D eigenvalue weighted by Crippen LogP contribution is -2.48. The standard InChI is InChI=1S/C18H30ClN5.HI/c1-14-7-10-24(11-8-14)15(2)12-23-18(20-3)21-9-6-16-4-5-17(19)22-13-16;/h4-5,13-15H,6-12H2,1-3H3,(H2,20,21,23);1H. The summed E-state index contributed by atoms with van der Waals surface area (Å²) in [5.41, 5.74) is 1.16. The molecule has 0 amide bonds. The number of halogens is 2. The van der Waals surface area contributed by atoms with Crippen LogP contribution in [0.3, 0.4) is 0 Å². The molecule has 0 saturated carbocycles. The molecule has 25 heavy (non-hydrogen) atoms. The summed E-state index contributed by atoms with van der Waals surface area (Å²) in [5.74, 6) is 1.73. The zero-order valence-corrected chi connectivity index (χ0v) is 18.6. The molecule has 1 aromatic rings. The molecule has 2 heterocycles. The second kappa shape index (κ2) is 11.9. The molecule has 1 saturated heterocycles. The fourth-order valence-electron chi connectivity index (χ4n) is 2.94. The van der Waals surface area contributed by atoms with Gasteiger partial charge in [-0.2, -0.15) is 0 Å². The van der Waals surface area contributed by atoms with E-state index in [2.05, 4.69) is 39.4 Å². The van der Waals surface area contributed by atoms with Gasteiger partial charge >= 0.3 is 0 Å². The highest BCUT2D eigenvalue weighted by atomic mass is 127. The van der Waals surface area contributed by atoms with Crippen LogP contribution in [0.4, 0.5) is 0 Å². The van der Waals surface area contributed by atoms with E-state index in [1.807, 2.05) is 25.4 Å². The Morgan fingerprint density at radius 1 is 1.36 bits per heavy atom. The largest absolute Gasteiger partial charge is 0.356 e. The van der Waals surface area contributed by atoms with Crippen LogP contribution in [-0.4, -0.2) is 55.1 Å². The monoisotopic (exact) mass is 479 g/mol. The highest BCUT2D eigenvalue weighted by Gasteiger charge is 2.20. The second-order valence-corrected chi connectivity index (χ2v) is 7.07. The SMILES string of the molecule is CN=C(NCCc1ccc(Cl)nc1)NCC(C)N1CCC(C)CC1.I. The number of rotatable bonds is 6. The molecule has 1 aliphatic heterocycles. The molecular weight excluding hydrogens is 449 g/mol. The van der Waals surface area contributed by atoms with Gasteiger partial charge in [-0.25, -0.2) is 4.98 Å². The Morgan fingerprint density at radius 3 is 2.68 bits per heavy atom. The highest BCUT2D eigenvalue weighted by Crippen LogP contribution is 2.17. The van der Waals surface area contributed by atoms with E-state index in [1.54, 1.807) is 0 Å². The van der Waals surface area contributed by atoms with E-state index in [0.717, 1.165) is 37.0 Å². The number of nitrogens with one attached hydrogen (secondary N) is 2. The number of hydrogen-bond donors (Lipinski definition) is 2. The van der Waals surface area contributed by atoms with Crippen molar-refractivity contribution < 1.29 is 0 Å². The molecule has 0 radical (unpaired) electrons. The van der Waals surface area contributed by atoms with Gasteiger partial charge in [-0.05, 0) is 56.8 Å². The summed E-state index contributed by atoms with van der Waals surface area (Å²) in [4.78, 5) is 11.0. The van der Waals surface area contributed by atoms with Crippen LogP contribution >= 0.6 is 35.6 Å². The van der Waals surface area contributed by atoms with Crippen molar-refractivity contribution in [1.82, 2.24) is 20.5 Å².